The molecule has 15 heteroatoms. The van der Waals surface area contributed by atoms with E-state index in [1.807, 2.05) is 72.8 Å². The Kier molecular flexibility index (Phi) is 14.6. The monoisotopic (exact) mass is 619 g/mol. The van der Waals surface area contributed by atoms with Crippen LogP contribution in [0.15, 0.2) is 72.8 Å². The summed E-state index contributed by atoms with van der Waals surface area (Å²) < 4.78 is 4.44. The quantitative estimate of drug-likeness (QED) is 0.114. The first-order valence-electron chi connectivity index (χ1n) is 12.5. The van der Waals surface area contributed by atoms with Gasteiger partial charge in [-0.05, 0) is 36.4 Å². The second-order valence-corrected chi connectivity index (χ2v) is 8.33. The highest BCUT2D eigenvalue weighted by molar-refractivity contribution is 5.90. The summed E-state index contributed by atoms with van der Waals surface area (Å²) in [5, 5.41) is 12.5. The summed E-state index contributed by atoms with van der Waals surface area (Å²) in [6.45, 7) is 0. The van der Waals surface area contributed by atoms with Gasteiger partial charge < -0.3 is 30.3 Å². The van der Waals surface area contributed by atoms with E-state index >= 15 is 0 Å². The van der Waals surface area contributed by atoms with Crippen LogP contribution in [0.5, 0.6) is 0 Å². The number of ether oxygens (including phenoxy) is 1. The van der Waals surface area contributed by atoms with Crippen LogP contribution in [0.3, 0.4) is 0 Å². The van der Waals surface area contributed by atoms with Crippen LogP contribution >= 0.6 is 0 Å². The van der Waals surface area contributed by atoms with E-state index in [-0.39, 0.29) is 34.3 Å². The molecule has 0 saturated carbocycles. The van der Waals surface area contributed by atoms with Crippen molar-refractivity contribution in [3.05, 3.63) is 72.8 Å². The second kappa shape index (κ2) is 17.7. The minimum absolute atomic E-state index is 0. The fourth-order valence-corrected chi connectivity index (χ4v) is 3.52. The van der Waals surface area contributed by atoms with Crippen molar-refractivity contribution >= 4 is 69.1 Å². The van der Waals surface area contributed by atoms with Gasteiger partial charge in [-0.15, -0.1) is 0 Å². The maximum Gasteiger partial charge on any atom is 0.413 e. The van der Waals surface area contributed by atoms with Gasteiger partial charge in [-0.1, -0.05) is 58.7 Å². The molecule has 0 aliphatic rings. The fraction of sp³-hybridized carbons (Fsp3) is 0.200. The van der Waals surface area contributed by atoms with E-state index in [9.17, 15) is 14.4 Å². The number of hydrogen-bond donors (Lipinski definition) is 8. The number of benzene rings is 3. The molecule has 6 aromatic rings. The number of nitrogens with zero attached hydrogens (tertiary/aromatic N) is 3. The molecule has 0 radical (unpaired) electrons. The Morgan fingerprint density at radius 1 is 0.556 bits per heavy atom. The largest absolute Gasteiger partial charge is 0.453 e. The van der Waals surface area contributed by atoms with Gasteiger partial charge in [0.05, 0.1) is 40.2 Å². The standard InChI is InChI=1S/2C9H10N4O.C9H9N3O2.3CH4/c2*1-10-9(14)13-8-11-6-4-2-3-5-7(6)12-8;1-14-9(13)12-8-10-6-4-2-3-5-7(6)11-8;;;/h2*2-5H,1H3,(H3,10,11,12,13,14);2-5H,1H3,(H2,10,11,12,13);3*1H4. The van der Waals surface area contributed by atoms with Crippen LogP contribution in [0.4, 0.5) is 32.2 Å². The van der Waals surface area contributed by atoms with Crippen LogP contribution < -0.4 is 26.6 Å². The zero-order valence-corrected chi connectivity index (χ0v) is 22.9. The van der Waals surface area contributed by atoms with Gasteiger partial charge in [0.15, 0.2) is 0 Å². The number of para-hydroxylation sites is 6. The number of hydrogen-bond acceptors (Lipinski definition) is 7. The number of anilines is 3. The average Bonchev–Trinajstić information content (AvgIpc) is 3.72. The van der Waals surface area contributed by atoms with Gasteiger partial charge in [0.25, 0.3) is 0 Å². The number of fused-ring (bicyclic) bond motifs is 3. The molecular formula is C30H41N11O4. The molecule has 0 aliphatic heterocycles. The summed E-state index contributed by atoms with van der Waals surface area (Å²) in [5.74, 6) is 1.29. The number of imidazole rings is 3. The SMILES string of the molecule is C.C.C.CNC(=O)Nc1nc2ccccc2[nH]1.CNC(=O)Nc1nc2ccccc2[nH]1.COC(=O)Nc1nc2ccccc2[nH]1. The lowest BCUT2D eigenvalue weighted by Gasteiger charge is -1.97. The van der Waals surface area contributed by atoms with Gasteiger partial charge in [0.2, 0.25) is 17.8 Å². The van der Waals surface area contributed by atoms with E-state index < -0.39 is 6.09 Å². The number of aromatic nitrogens is 6. The molecule has 45 heavy (non-hydrogen) atoms. The zero-order chi connectivity index (χ0) is 29.9. The highest BCUT2D eigenvalue weighted by Crippen LogP contribution is 2.14. The predicted molar refractivity (Wildman–Crippen MR) is 181 cm³/mol. The van der Waals surface area contributed by atoms with Gasteiger partial charge in [-0.25, -0.2) is 29.3 Å². The molecule has 3 aromatic carbocycles. The van der Waals surface area contributed by atoms with Crippen molar-refractivity contribution in [1.29, 1.82) is 0 Å². The second-order valence-electron chi connectivity index (χ2n) is 8.33. The highest BCUT2D eigenvalue weighted by atomic mass is 16.5. The smallest absolute Gasteiger partial charge is 0.413 e. The number of amides is 5. The molecule has 0 atom stereocenters. The van der Waals surface area contributed by atoms with E-state index in [4.69, 9.17) is 0 Å². The summed E-state index contributed by atoms with van der Waals surface area (Å²) in [5.41, 5.74) is 5.15. The lowest BCUT2D eigenvalue weighted by Crippen LogP contribution is -2.24. The van der Waals surface area contributed by atoms with Gasteiger partial charge in [0, 0.05) is 14.1 Å². The van der Waals surface area contributed by atoms with Crippen LogP contribution in [0.2, 0.25) is 0 Å². The molecule has 5 amide bonds. The molecule has 3 heterocycles. The maximum atomic E-state index is 11.0. The summed E-state index contributed by atoms with van der Waals surface area (Å²) in [6, 6.07) is 22.1. The molecule has 6 rings (SSSR count). The first-order chi connectivity index (χ1) is 20.4. The Labute approximate surface area is 261 Å². The third kappa shape index (κ3) is 10.3. The zero-order valence-electron chi connectivity index (χ0n) is 22.9. The van der Waals surface area contributed by atoms with Crippen LogP contribution in [-0.4, -0.2) is 69.3 Å². The van der Waals surface area contributed by atoms with Gasteiger partial charge in [-0.2, -0.15) is 0 Å². The Hall–Kier alpha value is -6.12. The number of rotatable bonds is 3. The van der Waals surface area contributed by atoms with Crippen molar-refractivity contribution < 1.29 is 19.1 Å². The van der Waals surface area contributed by atoms with Gasteiger partial charge in [0.1, 0.15) is 0 Å². The number of nitrogens with one attached hydrogen (secondary N) is 8. The summed E-state index contributed by atoms with van der Waals surface area (Å²) in [7, 11) is 4.41. The topological polar surface area (TPSA) is 207 Å². The molecule has 15 nitrogen and oxygen atoms in total. The molecule has 8 N–H and O–H groups in total. The summed E-state index contributed by atoms with van der Waals surface area (Å²) in [4.78, 5) is 54.2. The third-order valence-electron chi connectivity index (χ3n) is 5.49. The lowest BCUT2D eigenvalue weighted by molar-refractivity contribution is 0.186. The molecule has 3 aromatic heterocycles. The number of methoxy groups -OCH3 is 1. The molecule has 0 unspecified atom stereocenters. The minimum atomic E-state index is -0.538. The molecule has 0 bridgehead atoms. The first-order valence-corrected chi connectivity index (χ1v) is 12.5. The van der Waals surface area contributed by atoms with Crippen molar-refractivity contribution in [3.8, 4) is 0 Å². The Balaban J connectivity index is 0.000000327. The molecule has 0 spiro atoms. The molecular weight excluding hydrogens is 578 g/mol. The third-order valence-corrected chi connectivity index (χ3v) is 5.49. The molecule has 0 saturated heterocycles. The minimum Gasteiger partial charge on any atom is -0.453 e. The van der Waals surface area contributed by atoms with Crippen molar-refractivity contribution in [2.24, 2.45) is 0 Å². The predicted octanol–water partition coefficient (Wildman–Crippen LogP) is 6.28. The first kappa shape index (κ1) is 36.9. The Bertz CT molecular complexity index is 1500. The van der Waals surface area contributed by atoms with Crippen LogP contribution in [0, 0.1) is 0 Å². The molecule has 0 fully saturated rings. The van der Waals surface area contributed by atoms with E-state index in [0.29, 0.717) is 17.8 Å². The van der Waals surface area contributed by atoms with Crippen molar-refractivity contribution in [2.45, 2.75) is 22.3 Å². The molecule has 240 valence electrons. The normalized spacial score (nSPS) is 9.40. The van der Waals surface area contributed by atoms with Crippen molar-refractivity contribution in [2.75, 3.05) is 37.2 Å². The lowest BCUT2D eigenvalue weighted by atomic mass is 10.3. The summed E-state index contributed by atoms with van der Waals surface area (Å²) in [6.07, 6.45) is -0.538. The highest BCUT2D eigenvalue weighted by Gasteiger charge is 2.06. The number of carbonyl (C=O) groups is 3. The van der Waals surface area contributed by atoms with Gasteiger partial charge >= 0.3 is 18.2 Å². The number of H-pyrrole nitrogens is 3. The number of carbonyl (C=O) groups excluding carboxylic acids is 3. The van der Waals surface area contributed by atoms with E-state index in [1.165, 1.54) is 7.11 Å². The Morgan fingerprint density at radius 3 is 1.16 bits per heavy atom. The van der Waals surface area contributed by atoms with Crippen LogP contribution in [0.25, 0.3) is 33.1 Å². The Morgan fingerprint density at radius 2 is 0.867 bits per heavy atom. The fourth-order valence-electron chi connectivity index (χ4n) is 3.52. The number of urea groups is 2. The van der Waals surface area contributed by atoms with E-state index in [2.05, 4.69) is 61.2 Å². The maximum absolute atomic E-state index is 11.0. The molecule has 0 aliphatic carbocycles. The average molecular weight is 620 g/mol. The van der Waals surface area contributed by atoms with Crippen molar-refractivity contribution in [3.63, 3.8) is 0 Å². The summed E-state index contributed by atoms with van der Waals surface area (Å²) >= 11 is 0. The number of aromatic amines is 3. The van der Waals surface area contributed by atoms with Crippen molar-refractivity contribution in [1.82, 2.24) is 40.5 Å². The van der Waals surface area contributed by atoms with E-state index in [0.717, 1.165) is 33.1 Å². The van der Waals surface area contributed by atoms with Crippen LogP contribution in [-0.2, 0) is 4.74 Å². The van der Waals surface area contributed by atoms with Crippen LogP contribution in [0.1, 0.15) is 22.3 Å². The van der Waals surface area contributed by atoms with E-state index in [1.54, 1.807) is 14.1 Å². The van der Waals surface area contributed by atoms with Gasteiger partial charge in [-0.3, -0.25) is 16.0 Å².